The predicted octanol–water partition coefficient (Wildman–Crippen LogP) is 5.75. The molecule has 0 radical (unpaired) electrons. The van der Waals surface area contributed by atoms with Crippen molar-refractivity contribution in [1.82, 2.24) is 5.32 Å². The van der Waals surface area contributed by atoms with Gasteiger partial charge in [-0.2, -0.15) is 0 Å². The number of phenolic OH excluding ortho intramolecular Hbond substituents is 1. The van der Waals surface area contributed by atoms with Gasteiger partial charge in [0.2, 0.25) is 0 Å². The van der Waals surface area contributed by atoms with Crippen LogP contribution < -0.4 is 10.1 Å². The van der Waals surface area contributed by atoms with E-state index in [0.717, 1.165) is 0 Å². The summed E-state index contributed by atoms with van der Waals surface area (Å²) in [7, 11) is 0. The van der Waals surface area contributed by atoms with E-state index in [9.17, 15) is 9.90 Å². The van der Waals surface area contributed by atoms with E-state index < -0.39 is 0 Å². The zero-order chi connectivity index (χ0) is 19.6. The van der Waals surface area contributed by atoms with Crippen LogP contribution in [0.5, 0.6) is 11.5 Å². The van der Waals surface area contributed by atoms with Gasteiger partial charge in [-0.15, -0.1) is 0 Å². The topological polar surface area (TPSA) is 70.9 Å². The first kappa shape index (κ1) is 20.1. The Labute approximate surface area is 178 Å². The number of aromatic hydroxyl groups is 1. The molecule has 0 aliphatic carbocycles. The summed E-state index contributed by atoms with van der Waals surface area (Å²) in [4.78, 5) is 17.1. The molecule has 9 heteroatoms. The first-order chi connectivity index (χ1) is 12.9. The number of benzene rings is 2. The number of carbonyl (C=O) groups excluding carboxylic acids is 1. The Morgan fingerprint density at radius 3 is 2.78 bits per heavy atom. The van der Waals surface area contributed by atoms with Crippen LogP contribution in [0.4, 0.5) is 5.69 Å². The molecular formula is C18H13BrCl2N2O3S. The molecule has 1 heterocycles. The number of amidine groups is 1. The van der Waals surface area contributed by atoms with Crippen LogP contribution in [0, 0.1) is 0 Å². The molecule has 0 bridgehead atoms. The van der Waals surface area contributed by atoms with Crippen molar-refractivity contribution in [3.8, 4) is 11.5 Å². The molecule has 0 saturated carbocycles. The molecule has 3 rings (SSSR count). The largest absolute Gasteiger partial charge is 0.503 e. The van der Waals surface area contributed by atoms with Gasteiger partial charge in [0.15, 0.2) is 16.7 Å². The summed E-state index contributed by atoms with van der Waals surface area (Å²) in [6.45, 7) is 2.24. The molecular weight excluding hydrogens is 475 g/mol. The van der Waals surface area contributed by atoms with Crippen molar-refractivity contribution in [2.45, 2.75) is 6.92 Å². The molecule has 1 aliphatic heterocycles. The molecule has 0 atom stereocenters. The fourth-order valence-corrected chi connectivity index (χ4v) is 3.84. The fraction of sp³-hybridized carbons (Fsp3) is 0.111. The SMILES string of the molecule is CCOc1cc(/C=C2/SC(=Nc3ccc(Cl)c(Cl)c3)NC2=O)cc(Br)c1O. The number of carbonyl (C=O) groups is 1. The maximum absolute atomic E-state index is 12.2. The van der Waals surface area contributed by atoms with E-state index in [1.807, 2.05) is 6.92 Å². The number of rotatable bonds is 4. The van der Waals surface area contributed by atoms with Gasteiger partial charge in [0.05, 0.1) is 31.7 Å². The highest BCUT2D eigenvalue weighted by atomic mass is 79.9. The summed E-state index contributed by atoms with van der Waals surface area (Å²) in [6, 6.07) is 8.34. The second kappa shape index (κ2) is 8.56. The molecule has 2 aromatic carbocycles. The van der Waals surface area contributed by atoms with Gasteiger partial charge < -0.3 is 15.2 Å². The van der Waals surface area contributed by atoms with Gasteiger partial charge in [0.1, 0.15) is 0 Å². The Hall–Kier alpha value is -1.67. The van der Waals surface area contributed by atoms with Gasteiger partial charge in [0, 0.05) is 0 Å². The van der Waals surface area contributed by atoms with Crippen molar-refractivity contribution in [2.75, 3.05) is 6.61 Å². The highest BCUT2D eigenvalue weighted by Crippen LogP contribution is 2.37. The van der Waals surface area contributed by atoms with Crippen molar-refractivity contribution < 1.29 is 14.6 Å². The van der Waals surface area contributed by atoms with Gasteiger partial charge in [-0.3, -0.25) is 4.79 Å². The number of aliphatic imine (C=N–C) groups is 1. The fourth-order valence-electron chi connectivity index (χ4n) is 2.25. The quantitative estimate of drug-likeness (QED) is 0.538. The molecule has 5 nitrogen and oxygen atoms in total. The Morgan fingerprint density at radius 1 is 1.30 bits per heavy atom. The van der Waals surface area contributed by atoms with Gasteiger partial charge in [-0.25, -0.2) is 4.99 Å². The summed E-state index contributed by atoms with van der Waals surface area (Å²) in [5.41, 5.74) is 1.29. The third kappa shape index (κ3) is 4.79. The average molecular weight is 488 g/mol. The summed E-state index contributed by atoms with van der Waals surface area (Å²) in [5, 5.41) is 14.0. The predicted molar refractivity (Wildman–Crippen MR) is 114 cm³/mol. The number of phenols is 1. The third-order valence-electron chi connectivity index (χ3n) is 3.43. The Bertz CT molecular complexity index is 979. The summed E-state index contributed by atoms with van der Waals surface area (Å²) in [6.07, 6.45) is 1.70. The molecule has 2 aromatic rings. The van der Waals surface area contributed by atoms with Crippen LogP contribution in [0.3, 0.4) is 0 Å². The molecule has 0 aromatic heterocycles. The number of amides is 1. The van der Waals surface area contributed by atoms with E-state index in [0.29, 0.717) is 48.2 Å². The molecule has 1 amide bonds. The van der Waals surface area contributed by atoms with E-state index in [2.05, 4.69) is 26.2 Å². The van der Waals surface area contributed by atoms with E-state index in [4.69, 9.17) is 27.9 Å². The first-order valence-corrected chi connectivity index (χ1v) is 10.1. The van der Waals surface area contributed by atoms with Crippen molar-refractivity contribution in [1.29, 1.82) is 0 Å². The number of nitrogens with zero attached hydrogens (tertiary/aromatic N) is 1. The Balaban J connectivity index is 1.87. The summed E-state index contributed by atoms with van der Waals surface area (Å²) >= 11 is 16.4. The van der Waals surface area contributed by atoms with Crippen molar-refractivity contribution in [2.24, 2.45) is 4.99 Å². The minimum absolute atomic E-state index is 0.0180. The van der Waals surface area contributed by atoms with E-state index in [1.54, 1.807) is 36.4 Å². The van der Waals surface area contributed by atoms with Crippen LogP contribution >= 0.6 is 50.9 Å². The first-order valence-electron chi connectivity index (χ1n) is 7.77. The lowest BCUT2D eigenvalue weighted by Crippen LogP contribution is -2.19. The van der Waals surface area contributed by atoms with E-state index in [1.165, 1.54) is 11.8 Å². The Kier molecular flexibility index (Phi) is 6.37. The van der Waals surface area contributed by atoms with Crippen LogP contribution in [0.15, 0.2) is 44.7 Å². The van der Waals surface area contributed by atoms with Crippen LogP contribution in [0.25, 0.3) is 6.08 Å². The smallest absolute Gasteiger partial charge is 0.264 e. The van der Waals surface area contributed by atoms with E-state index in [-0.39, 0.29) is 11.7 Å². The minimum Gasteiger partial charge on any atom is -0.503 e. The molecule has 1 saturated heterocycles. The number of ether oxygens (including phenoxy) is 1. The summed E-state index contributed by atoms with van der Waals surface area (Å²) in [5.74, 6) is 0.0946. The highest BCUT2D eigenvalue weighted by Gasteiger charge is 2.24. The molecule has 0 unspecified atom stereocenters. The van der Waals surface area contributed by atoms with Gasteiger partial charge in [-0.05, 0) is 76.6 Å². The van der Waals surface area contributed by atoms with Crippen LogP contribution in [0.2, 0.25) is 10.0 Å². The second-order valence-corrected chi connectivity index (χ2v) is 8.06. The highest BCUT2D eigenvalue weighted by molar-refractivity contribution is 9.10. The second-order valence-electron chi connectivity index (χ2n) is 5.36. The standard InChI is InChI=1S/C18H13BrCl2N2O3S/c1-2-26-14-6-9(5-11(19)16(14)24)7-15-17(25)23-18(27-15)22-10-3-4-12(20)13(21)8-10/h3-8,24H,2H2,1H3,(H,22,23,25)/b15-7+. The zero-order valence-corrected chi connectivity index (χ0v) is 17.8. The maximum atomic E-state index is 12.2. The maximum Gasteiger partial charge on any atom is 0.264 e. The lowest BCUT2D eigenvalue weighted by Gasteiger charge is -2.08. The molecule has 0 spiro atoms. The molecule has 27 heavy (non-hydrogen) atoms. The molecule has 1 aliphatic rings. The summed E-state index contributed by atoms with van der Waals surface area (Å²) < 4.78 is 5.89. The minimum atomic E-state index is -0.263. The monoisotopic (exact) mass is 486 g/mol. The van der Waals surface area contributed by atoms with Gasteiger partial charge >= 0.3 is 0 Å². The van der Waals surface area contributed by atoms with Crippen molar-refractivity contribution in [3.05, 3.63) is 55.3 Å². The molecule has 1 fully saturated rings. The van der Waals surface area contributed by atoms with Gasteiger partial charge in [-0.1, -0.05) is 23.2 Å². The number of hydrogen-bond acceptors (Lipinski definition) is 5. The zero-order valence-electron chi connectivity index (χ0n) is 13.9. The van der Waals surface area contributed by atoms with Crippen LogP contribution in [-0.2, 0) is 4.79 Å². The normalized spacial score (nSPS) is 16.8. The molecule has 140 valence electrons. The average Bonchev–Trinajstić information content (AvgIpc) is 2.95. The lowest BCUT2D eigenvalue weighted by molar-refractivity contribution is -0.115. The van der Waals surface area contributed by atoms with Crippen molar-refractivity contribution in [3.63, 3.8) is 0 Å². The third-order valence-corrected chi connectivity index (χ3v) is 5.69. The number of thioether (sulfide) groups is 1. The van der Waals surface area contributed by atoms with E-state index >= 15 is 0 Å². The number of hydrogen-bond donors (Lipinski definition) is 2. The lowest BCUT2D eigenvalue weighted by atomic mass is 10.2. The van der Waals surface area contributed by atoms with Crippen molar-refractivity contribution >= 4 is 73.7 Å². The van der Waals surface area contributed by atoms with Gasteiger partial charge in [0.25, 0.3) is 5.91 Å². The number of halogens is 3. The Morgan fingerprint density at radius 2 is 2.07 bits per heavy atom. The van der Waals surface area contributed by atoms with Crippen LogP contribution in [-0.4, -0.2) is 22.8 Å². The number of nitrogens with one attached hydrogen (secondary N) is 1. The van der Waals surface area contributed by atoms with Crippen LogP contribution in [0.1, 0.15) is 12.5 Å². The molecule has 2 N–H and O–H groups in total.